The SMILES string of the molecule is Cc1nnc(NC(C)c2ccc(Cl)cc2)nc1C. The molecule has 94 valence electrons. The minimum absolute atomic E-state index is 0.103. The smallest absolute Gasteiger partial charge is 0.243 e. The molecule has 0 spiro atoms. The van der Waals surface area contributed by atoms with Gasteiger partial charge in [0.2, 0.25) is 5.95 Å². The second-order valence-corrected chi connectivity index (χ2v) is 4.66. The average Bonchev–Trinajstić information content (AvgIpc) is 2.34. The van der Waals surface area contributed by atoms with Crippen LogP contribution in [0.3, 0.4) is 0 Å². The van der Waals surface area contributed by atoms with Crippen molar-refractivity contribution in [3.63, 3.8) is 0 Å². The van der Waals surface area contributed by atoms with Crippen LogP contribution in [0.5, 0.6) is 0 Å². The molecule has 0 aliphatic heterocycles. The van der Waals surface area contributed by atoms with Gasteiger partial charge in [-0.3, -0.25) is 0 Å². The fraction of sp³-hybridized carbons (Fsp3) is 0.308. The van der Waals surface area contributed by atoms with Gasteiger partial charge in [0, 0.05) is 5.02 Å². The standard InChI is InChI=1S/C13H15ClN4/c1-8-9(2)17-18-13(15-8)16-10(3)11-4-6-12(14)7-5-11/h4-7,10H,1-3H3,(H,15,16,18). The largest absolute Gasteiger partial charge is 0.346 e. The van der Waals surface area contributed by atoms with Crippen molar-refractivity contribution in [2.75, 3.05) is 5.32 Å². The molecule has 0 saturated carbocycles. The van der Waals surface area contributed by atoms with Gasteiger partial charge in [0.15, 0.2) is 0 Å². The summed E-state index contributed by atoms with van der Waals surface area (Å²) in [6.07, 6.45) is 0. The van der Waals surface area contributed by atoms with Crippen LogP contribution < -0.4 is 5.32 Å². The van der Waals surface area contributed by atoms with Crippen LogP contribution in [0.15, 0.2) is 24.3 Å². The van der Waals surface area contributed by atoms with Gasteiger partial charge in [0.05, 0.1) is 17.4 Å². The van der Waals surface area contributed by atoms with Gasteiger partial charge in [-0.1, -0.05) is 23.7 Å². The van der Waals surface area contributed by atoms with Crippen molar-refractivity contribution >= 4 is 17.5 Å². The Labute approximate surface area is 111 Å². The highest BCUT2D eigenvalue weighted by Crippen LogP contribution is 2.19. The predicted molar refractivity (Wildman–Crippen MR) is 72.8 cm³/mol. The minimum Gasteiger partial charge on any atom is -0.346 e. The maximum Gasteiger partial charge on any atom is 0.243 e. The number of hydrogen-bond donors (Lipinski definition) is 1. The Morgan fingerprint density at radius 3 is 2.33 bits per heavy atom. The molecule has 2 rings (SSSR count). The zero-order chi connectivity index (χ0) is 13.1. The number of nitrogens with zero attached hydrogens (tertiary/aromatic N) is 3. The molecule has 18 heavy (non-hydrogen) atoms. The number of anilines is 1. The molecule has 1 heterocycles. The van der Waals surface area contributed by atoms with Crippen LogP contribution in [0, 0.1) is 13.8 Å². The van der Waals surface area contributed by atoms with Crippen molar-refractivity contribution < 1.29 is 0 Å². The van der Waals surface area contributed by atoms with Crippen molar-refractivity contribution in [3.8, 4) is 0 Å². The minimum atomic E-state index is 0.103. The van der Waals surface area contributed by atoms with Crippen molar-refractivity contribution in [2.45, 2.75) is 26.8 Å². The molecule has 1 aromatic carbocycles. The Kier molecular flexibility index (Phi) is 3.77. The van der Waals surface area contributed by atoms with Gasteiger partial charge in [-0.25, -0.2) is 4.98 Å². The summed E-state index contributed by atoms with van der Waals surface area (Å²) >= 11 is 5.86. The molecule has 2 aromatic rings. The van der Waals surface area contributed by atoms with Crippen LogP contribution in [0.4, 0.5) is 5.95 Å². The average molecular weight is 263 g/mol. The van der Waals surface area contributed by atoms with Crippen LogP contribution in [0.1, 0.15) is 29.9 Å². The summed E-state index contributed by atoms with van der Waals surface area (Å²) in [7, 11) is 0. The number of halogens is 1. The lowest BCUT2D eigenvalue weighted by atomic mass is 10.1. The van der Waals surface area contributed by atoms with Gasteiger partial charge >= 0.3 is 0 Å². The zero-order valence-corrected chi connectivity index (χ0v) is 11.4. The summed E-state index contributed by atoms with van der Waals surface area (Å²) in [5.41, 5.74) is 2.86. The molecule has 0 radical (unpaired) electrons. The highest BCUT2D eigenvalue weighted by Gasteiger charge is 2.08. The van der Waals surface area contributed by atoms with E-state index in [2.05, 4.69) is 20.5 Å². The first-order valence-corrected chi connectivity index (χ1v) is 6.14. The maximum absolute atomic E-state index is 5.86. The van der Waals surface area contributed by atoms with Gasteiger partial charge in [0.1, 0.15) is 0 Å². The third-order valence-corrected chi connectivity index (χ3v) is 3.06. The molecule has 0 amide bonds. The fourth-order valence-corrected chi connectivity index (χ4v) is 1.67. The summed E-state index contributed by atoms with van der Waals surface area (Å²) in [5.74, 6) is 0.542. The molecular weight excluding hydrogens is 248 g/mol. The van der Waals surface area contributed by atoms with Crippen LogP contribution in [0.2, 0.25) is 5.02 Å². The first-order chi connectivity index (χ1) is 8.56. The summed E-state index contributed by atoms with van der Waals surface area (Å²) < 4.78 is 0. The van der Waals surface area contributed by atoms with E-state index in [1.165, 1.54) is 0 Å². The second-order valence-electron chi connectivity index (χ2n) is 4.22. The van der Waals surface area contributed by atoms with E-state index in [-0.39, 0.29) is 6.04 Å². The third kappa shape index (κ3) is 2.96. The molecule has 0 aliphatic carbocycles. The van der Waals surface area contributed by atoms with Crippen molar-refractivity contribution in [1.29, 1.82) is 0 Å². The number of hydrogen-bond acceptors (Lipinski definition) is 4. The Hall–Kier alpha value is -1.68. The normalized spacial score (nSPS) is 12.2. The molecule has 0 aliphatic rings. The maximum atomic E-state index is 5.86. The summed E-state index contributed by atoms with van der Waals surface area (Å²) in [6.45, 7) is 5.85. The molecular formula is C13H15ClN4. The van der Waals surface area contributed by atoms with E-state index >= 15 is 0 Å². The fourth-order valence-electron chi connectivity index (χ4n) is 1.55. The molecule has 1 unspecified atom stereocenters. The number of rotatable bonds is 3. The van der Waals surface area contributed by atoms with E-state index in [1.807, 2.05) is 45.0 Å². The van der Waals surface area contributed by atoms with Crippen molar-refractivity contribution in [1.82, 2.24) is 15.2 Å². The van der Waals surface area contributed by atoms with Gasteiger partial charge in [-0.15, -0.1) is 5.10 Å². The molecule has 1 N–H and O–H groups in total. The van der Waals surface area contributed by atoms with E-state index in [1.54, 1.807) is 0 Å². The lowest BCUT2D eigenvalue weighted by Crippen LogP contribution is -2.11. The number of aryl methyl sites for hydroxylation is 2. The van der Waals surface area contributed by atoms with E-state index in [0.29, 0.717) is 5.95 Å². The highest BCUT2D eigenvalue weighted by molar-refractivity contribution is 6.30. The van der Waals surface area contributed by atoms with Crippen LogP contribution >= 0.6 is 11.6 Å². The molecule has 0 bridgehead atoms. The van der Waals surface area contributed by atoms with Crippen LogP contribution in [-0.4, -0.2) is 15.2 Å². The Morgan fingerprint density at radius 1 is 1.06 bits per heavy atom. The van der Waals surface area contributed by atoms with Crippen LogP contribution in [0.25, 0.3) is 0 Å². The summed E-state index contributed by atoms with van der Waals surface area (Å²) in [6, 6.07) is 7.80. The Balaban J connectivity index is 2.13. The first kappa shape index (κ1) is 12.8. The van der Waals surface area contributed by atoms with E-state index < -0.39 is 0 Å². The number of nitrogens with one attached hydrogen (secondary N) is 1. The second kappa shape index (κ2) is 5.31. The Morgan fingerprint density at radius 2 is 1.72 bits per heavy atom. The number of aromatic nitrogens is 3. The summed E-state index contributed by atoms with van der Waals surface area (Å²) in [4.78, 5) is 4.34. The summed E-state index contributed by atoms with van der Waals surface area (Å²) in [5, 5.41) is 12.0. The van der Waals surface area contributed by atoms with Gasteiger partial charge < -0.3 is 5.32 Å². The zero-order valence-electron chi connectivity index (χ0n) is 10.6. The topological polar surface area (TPSA) is 50.7 Å². The molecule has 0 fully saturated rings. The highest BCUT2D eigenvalue weighted by atomic mass is 35.5. The molecule has 5 heteroatoms. The quantitative estimate of drug-likeness (QED) is 0.922. The lowest BCUT2D eigenvalue weighted by Gasteiger charge is -2.14. The van der Waals surface area contributed by atoms with E-state index in [4.69, 9.17) is 11.6 Å². The predicted octanol–water partition coefficient (Wildman–Crippen LogP) is 3.31. The molecule has 0 saturated heterocycles. The van der Waals surface area contributed by atoms with E-state index in [9.17, 15) is 0 Å². The monoisotopic (exact) mass is 262 g/mol. The first-order valence-electron chi connectivity index (χ1n) is 5.76. The Bertz CT molecular complexity index is 539. The molecule has 4 nitrogen and oxygen atoms in total. The third-order valence-electron chi connectivity index (χ3n) is 2.81. The molecule has 1 aromatic heterocycles. The van der Waals surface area contributed by atoms with Gasteiger partial charge in [-0.2, -0.15) is 5.10 Å². The van der Waals surface area contributed by atoms with Gasteiger partial charge in [0.25, 0.3) is 0 Å². The molecule has 1 atom stereocenters. The lowest BCUT2D eigenvalue weighted by molar-refractivity contribution is 0.821. The van der Waals surface area contributed by atoms with Crippen LogP contribution in [-0.2, 0) is 0 Å². The van der Waals surface area contributed by atoms with Crippen molar-refractivity contribution in [3.05, 3.63) is 46.2 Å². The van der Waals surface area contributed by atoms with Crippen molar-refractivity contribution in [2.24, 2.45) is 0 Å². The van der Waals surface area contributed by atoms with E-state index in [0.717, 1.165) is 22.0 Å². The van der Waals surface area contributed by atoms with Gasteiger partial charge in [-0.05, 0) is 38.5 Å². The number of benzene rings is 1.